The Hall–Kier alpha value is -3.03. The zero-order valence-electron chi connectivity index (χ0n) is 16.5. The summed E-state index contributed by atoms with van der Waals surface area (Å²) in [5, 5.41) is 3.38. The van der Waals surface area contributed by atoms with E-state index in [1.165, 1.54) is 4.31 Å². The van der Waals surface area contributed by atoms with E-state index < -0.39 is 10.0 Å². The van der Waals surface area contributed by atoms with Crippen LogP contribution < -0.4 is 14.4 Å². The van der Waals surface area contributed by atoms with Crippen molar-refractivity contribution in [2.75, 3.05) is 23.0 Å². The molecule has 0 spiro atoms. The fourth-order valence-corrected chi connectivity index (χ4v) is 3.83. The lowest BCUT2D eigenvalue weighted by Crippen LogP contribution is -2.29. The van der Waals surface area contributed by atoms with Gasteiger partial charge in [0.15, 0.2) is 0 Å². The molecule has 0 aliphatic carbocycles. The van der Waals surface area contributed by atoms with Gasteiger partial charge >= 0.3 is 0 Å². The molecule has 1 amide bonds. The summed E-state index contributed by atoms with van der Waals surface area (Å²) in [6.07, 6.45) is 1.15. The summed E-state index contributed by atoms with van der Waals surface area (Å²) < 4.78 is 31.0. The van der Waals surface area contributed by atoms with Gasteiger partial charge in [-0.15, -0.1) is 0 Å². The van der Waals surface area contributed by atoms with Crippen LogP contribution in [0.25, 0.3) is 0 Å². The molecular formula is C22H21ClN2O4S. The summed E-state index contributed by atoms with van der Waals surface area (Å²) in [6, 6.07) is 20.4. The van der Waals surface area contributed by atoms with Crippen molar-refractivity contribution >= 4 is 38.9 Å². The van der Waals surface area contributed by atoms with Crippen molar-refractivity contribution in [3.05, 3.63) is 88.9 Å². The molecule has 0 heterocycles. The Kier molecular flexibility index (Phi) is 6.64. The van der Waals surface area contributed by atoms with E-state index in [0.29, 0.717) is 27.7 Å². The van der Waals surface area contributed by atoms with Crippen LogP contribution in [0.4, 0.5) is 11.4 Å². The summed E-state index contributed by atoms with van der Waals surface area (Å²) in [5.41, 5.74) is 2.31. The number of methoxy groups -OCH3 is 1. The van der Waals surface area contributed by atoms with Gasteiger partial charge in [-0.1, -0.05) is 23.7 Å². The third-order valence-corrected chi connectivity index (χ3v) is 5.80. The number of nitrogens with one attached hydrogen (secondary N) is 1. The zero-order chi connectivity index (χ0) is 21.7. The highest BCUT2D eigenvalue weighted by Crippen LogP contribution is 2.23. The van der Waals surface area contributed by atoms with E-state index in [1.807, 2.05) is 0 Å². The molecule has 0 fully saturated rings. The normalized spacial score (nSPS) is 11.0. The lowest BCUT2D eigenvalue weighted by Gasteiger charge is -2.23. The Labute approximate surface area is 181 Å². The van der Waals surface area contributed by atoms with Crippen molar-refractivity contribution in [2.45, 2.75) is 6.54 Å². The second kappa shape index (κ2) is 9.19. The van der Waals surface area contributed by atoms with E-state index in [4.69, 9.17) is 16.3 Å². The number of halogens is 1. The molecule has 3 aromatic rings. The lowest BCUT2D eigenvalue weighted by atomic mass is 10.1. The first kappa shape index (κ1) is 21.7. The molecular weight excluding hydrogens is 424 g/mol. The predicted molar refractivity (Wildman–Crippen MR) is 120 cm³/mol. The molecule has 1 N–H and O–H groups in total. The minimum absolute atomic E-state index is 0.160. The monoisotopic (exact) mass is 444 g/mol. The average Bonchev–Trinajstić information content (AvgIpc) is 2.73. The van der Waals surface area contributed by atoms with Crippen molar-refractivity contribution < 1.29 is 17.9 Å². The molecule has 8 heteroatoms. The molecule has 0 atom stereocenters. The maximum absolute atomic E-state index is 12.5. The van der Waals surface area contributed by atoms with Crippen LogP contribution in [0.3, 0.4) is 0 Å². The van der Waals surface area contributed by atoms with E-state index in [-0.39, 0.29) is 12.5 Å². The summed E-state index contributed by atoms with van der Waals surface area (Å²) in [6.45, 7) is 0.160. The number of sulfonamides is 1. The summed E-state index contributed by atoms with van der Waals surface area (Å²) in [5.74, 6) is 0.397. The zero-order valence-corrected chi connectivity index (χ0v) is 18.1. The number of hydrogen-bond acceptors (Lipinski definition) is 4. The third-order valence-electron chi connectivity index (χ3n) is 4.41. The van der Waals surface area contributed by atoms with Crippen LogP contribution in [0.5, 0.6) is 5.75 Å². The second-order valence-electron chi connectivity index (χ2n) is 6.63. The molecule has 3 aromatic carbocycles. The van der Waals surface area contributed by atoms with Crippen molar-refractivity contribution in [3.63, 3.8) is 0 Å². The van der Waals surface area contributed by atoms with E-state index in [0.717, 1.165) is 11.8 Å². The number of rotatable bonds is 7. The second-order valence-corrected chi connectivity index (χ2v) is 8.97. The minimum atomic E-state index is -3.53. The Bertz CT molecular complexity index is 1110. The first-order chi connectivity index (χ1) is 14.3. The predicted octanol–water partition coefficient (Wildman–Crippen LogP) is 4.57. The van der Waals surface area contributed by atoms with Crippen LogP contribution in [-0.4, -0.2) is 27.7 Å². The fraction of sp³-hybridized carbons (Fsp3) is 0.136. The van der Waals surface area contributed by atoms with Gasteiger partial charge in [0.25, 0.3) is 5.91 Å². The van der Waals surface area contributed by atoms with Gasteiger partial charge in [-0.3, -0.25) is 9.10 Å². The number of carbonyl (C=O) groups excluding carboxylic acids is 1. The van der Waals surface area contributed by atoms with Crippen LogP contribution in [0.1, 0.15) is 15.9 Å². The van der Waals surface area contributed by atoms with Gasteiger partial charge < -0.3 is 10.1 Å². The van der Waals surface area contributed by atoms with Gasteiger partial charge in [0.1, 0.15) is 5.75 Å². The fourth-order valence-electron chi connectivity index (χ4n) is 2.81. The molecule has 0 saturated carbocycles. The van der Waals surface area contributed by atoms with Crippen LogP contribution in [0, 0.1) is 0 Å². The first-order valence-electron chi connectivity index (χ1n) is 9.04. The first-order valence-corrected chi connectivity index (χ1v) is 11.3. The molecule has 30 heavy (non-hydrogen) atoms. The van der Waals surface area contributed by atoms with Crippen molar-refractivity contribution in [1.29, 1.82) is 0 Å². The highest BCUT2D eigenvalue weighted by molar-refractivity contribution is 7.92. The van der Waals surface area contributed by atoms with Crippen molar-refractivity contribution in [1.82, 2.24) is 0 Å². The number of benzene rings is 3. The molecule has 156 valence electrons. The number of hydrogen-bond donors (Lipinski definition) is 1. The van der Waals surface area contributed by atoms with Crippen LogP contribution >= 0.6 is 11.6 Å². The molecule has 0 unspecified atom stereocenters. The highest BCUT2D eigenvalue weighted by Gasteiger charge is 2.18. The molecule has 0 aliphatic rings. The van der Waals surface area contributed by atoms with Crippen molar-refractivity contribution in [3.8, 4) is 5.75 Å². The van der Waals surface area contributed by atoms with E-state index in [2.05, 4.69) is 5.32 Å². The summed E-state index contributed by atoms with van der Waals surface area (Å²) in [4.78, 5) is 12.5. The van der Waals surface area contributed by atoms with E-state index in [1.54, 1.807) is 79.9 Å². The quantitative estimate of drug-likeness (QED) is 0.579. The number of amides is 1. The van der Waals surface area contributed by atoms with Gasteiger partial charge in [-0.2, -0.15) is 0 Å². The van der Waals surface area contributed by atoms with Crippen LogP contribution in [0.15, 0.2) is 72.8 Å². The largest absolute Gasteiger partial charge is 0.497 e. The number of ether oxygens (including phenoxy) is 1. The molecule has 0 aliphatic heterocycles. The van der Waals surface area contributed by atoms with Gasteiger partial charge in [0, 0.05) is 16.3 Å². The van der Waals surface area contributed by atoms with Gasteiger partial charge in [-0.25, -0.2) is 8.42 Å². The Morgan fingerprint density at radius 2 is 1.57 bits per heavy atom. The number of anilines is 2. The van der Waals surface area contributed by atoms with Crippen LogP contribution in [0.2, 0.25) is 5.02 Å². The smallest absolute Gasteiger partial charge is 0.255 e. The molecule has 3 rings (SSSR count). The lowest BCUT2D eigenvalue weighted by molar-refractivity contribution is 0.102. The van der Waals surface area contributed by atoms with Crippen LogP contribution in [-0.2, 0) is 16.6 Å². The summed E-state index contributed by atoms with van der Waals surface area (Å²) in [7, 11) is -1.96. The number of carbonyl (C=O) groups is 1. The van der Waals surface area contributed by atoms with Gasteiger partial charge in [0.05, 0.1) is 25.6 Å². The average molecular weight is 445 g/mol. The number of nitrogens with zero attached hydrogens (tertiary/aromatic N) is 1. The topological polar surface area (TPSA) is 75.7 Å². The van der Waals surface area contributed by atoms with Gasteiger partial charge in [0.2, 0.25) is 10.0 Å². The standard InChI is InChI=1S/C22H21ClN2O4S/c1-29-21-13-9-19(10-14-21)24-22(26)17-5-11-20(12-6-17)25(30(2,27)28)15-16-3-7-18(23)8-4-16/h3-14H,15H2,1-2H3,(H,24,26). The van der Waals surface area contributed by atoms with Crippen molar-refractivity contribution in [2.24, 2.45) is 0 Å². The third kappa shape index (κ3) is 5.52. The van der Waals surface area contributed by atoms with E-state index >= 15 is 0 Å². The van der Waals surface area contributed by atoms with Gasteiger partial charge in [-0.05, 0) is 66.2 Å². The molecule has 0 aromatic heterocycles. The maximum atomic E-state index is 12.5. The molecule has 6 nitrogen and oxygen atoms in total. The molecule has 0 saturated heterocycles. The maximum Gasteiger partial charge on any atom is 0.255 e. The Balaban J connectivity index is 1.77. The molecule has 0 bridgehead atoms. The molecule has 0 radical (unpaired) electrons. The summed E-state index contributed by atoms with van der Waals surface area (Å²) >= 11 is 5.90. The SMILES string of the molecule is COc1ccc(NC(=O)c2ccc(N(Cc3ccc(Cl)cc3)S(C)(=O)=O)cc2)cc1. The Morgan fingerprint density at radius 1 is 0.967 bits per heavy atom. The minimum Gasteiger partial charge on any atom is -0.497 e. The Morgan fingerprint density at radius 3 is 2.10 bits per heavy atom. The van der Waals surface area contributed by atoms with E-state index in [9.17, 15) is 13.2 Å². The highest BCUT2D eigenvalue weighted by atomic mass is 35.5.